The van der Waals surface area contributed by atoms with Crippen LogP contribution in [0, 0.1) is 29.1 Å². The van der Waals surface area contributed by atoms with E-state index in [9.17, 15) is 14.7 Å². The molecule has 30 heavy (non-hydrogen) atoms. The highest BCUT2D eigenvalue weighted by Crippen LogP contribution is 2.55. The lowest BCUT2D eigenvalue weighted by Gasteiger charge is -2.56. The van der Waals surface area contributed by atoms with Gasteiger partial charge in [0, 0.05) is 30.5 Å². The standard InChI is InChI=1S/C24H35ClN2O3/c1-14(23(30)26-13-17-7-5-6-8-19(17)25)18-9-11-24(4)12-10-20(27-16(3)28)15(2)21(24)22(18)29/h5-8,14-15,18,20-22,29H,9-13H2,1-4H3,(H,26,30)(H,27,28)/t14-,15-,18-,20-,21+,22-,24+/m0/s1. The van der Waals surface area contributed by atoms with Gasteiger partial charge in [0.05, 0.1) is 6.10 Å². The summed E-state index contributed by atoms with van der Waals surface area (Å²) in [5.41, 5.74) is 0.938. The maximum atomic E-state index is 12.9. The first-order chi connectivity index (χ1) is 14.1. The molecule has 0 heterocycles. The van der Waals surface area contributed by atoms with Crippen molar-refractivity contribution in [2.45, 2.75) is 72.1 Å². The van der Waals surface area contributed by atoms with Crippen LogP contribution in [0.15, 0.2) is 24.3 Å². The molecule has 6 heteroatoms. The zero-order valence-electron chi connectivity index (χ0n) is 18.5. The van der Waals surface area contributed by atoms with Gasteiger partial charge in [0.2, 0.25) is 11.8 Å². The van der Waals surface area contributed by atoms with Crippen LogP contribution < -0.4 is 10.6 Å². The number of nitrogens with one attached hydrogen (secondary N) is 2. The second-order valence-corrected chi connectivity index (χ2v) is 10.1. The van der Waals surface area contributed by atoms with Crippen LogP contribution in [-0.2, 0) is 16.1 Å². The Morgan fingerprint density at radius 2 is 1.93 bits per heavy atom. The topological polar surface area (TPSA) is 78.4 Å². The van der Waals surface area contributed by atoms with Crippen molar-refractivity contribution in [1.29, 1.82) is 0 Å². The van der Waals surface area contributed by atoms with Crippen molar-refractivity contribution in [2.24, 2.45) is 29.1 Å². The minimum absolute atomic E-state index is 0.0235. The van der Waals surface area contributed by atoms with E-state index >= 15 is 0 Å². The Kier molecular flexibility index (Phi) is 7.13. The van der Waals surface area contributed by atoms with E-state index in [0.717, 1.165) is 31.2 Å². The molecule has 2 aliphatic rings. The Morgan fingerprint density at radius 3 is 2.60 bits per heavy atom. The van der Waals surface area contributed by atoms with Crippen molar-refractivity contribution < 1.29 is 14.7 Å². The summed E-state index contributed by atoms with van der Waals surface area (Å²) in [6, 6.07) is 7.57. The maximum absolute atomic E-state index is 12.9. The normalized spacial score (nSPS) is 34.5. The lowest BCUT2D eigenvalue weighted by atomic mass is 9.51. The number of hydrogen-bond donors (Lipinski definition) is 3. The van der Waals surface area contributed by atoms with Gasteiger partial charge in [-0.3, -0.25) is 9.59 Å². The number of carbonyl (C=O) groups excluding carboxylic acids is 2. The van der Waals surface area contributed by atoms with E-state index in [1.54, 1.807) is 6.92 Å². The molecule has 1 aromatic carbocycles. The third kappa shape index (κ3) is 4.67. The number of hydrogen-bond acceptors (Lipinski definition) is 3. The highest BCUT2D eigenvalue weighted by molar-refractivity contribution is 6.31. The van der Waals surface area contributed by atoms with Gasteiger partial charge >= 0.3 is 0 Å². The van der Waals surface area contributed by atoms with E-state index in [0.29, 0.717) is 11.6 Å². The zero-order chi connectivity index (χ0) is 22.1. The number of amides is 2. The summed E-state index contributed by atoms with van der Waals surface area (Å²) in [4.78, 5) is 24.5. The second kappa shape index (κ2) is 9.27. The molecule has 0 spiro atoms. The van der Waals surface area contributed by atoms with Crippen molar-refractivity contribution in [1.82, 2.24) is 10.6 Å². The van der Waals surface area contributed by atoms with Crippen molar-refractivity contribution in [3.05, 3.63) is 34.9 Å². The van der Waals surface area contributed by atoms with Gasteiger partial charge in [-0.15, -0.1) is 0 Å². The largest absolute Gasteiger partial charge is 0.392 e. The van der Waals surface area contributed by atoms with Gasteiger partial charge < -0.3 is 15.7 Å². The summed E-state index contributed by atoms with van der Waals surface area (Å²) in [6.07, 6.45) is 3.21. The molecular weight excluding hydrogens is 400 g/mol. The summed E-state index contributed by atoms with van der Waals surface area (Å²) >= 11 is 6.20. The predicted molar refractivity (Wildman–Crippen MR) is 119 cm³/mol. The minimum atomic E-state index is -0.559. The molecule has 0 unspecified atom stereocenters. The fourth-order valence-corrected chi connectivity index (χ4v) is 6.14. The average Bonchev–Trinajstić information content (AvgIpc) is 2.69. The highest BCUT2D eigenvalue weighted by atomic mass is 35.5. The van der Waals surface area contributed by atoms with Crippen LogP contribution in [0.2, 0.25) is 5.02 Å². The molecule has 0 aliphatic heterocycles. The molecule has 0 radical (unpaired) electrons. The van der Waals surface area contributed by atoms with E-state index in [1.807, 2.05) is 31.2 Å². The Hall–Kier alpha value is -1.59. The van der Waals surface area contributed by atoms with Crippen molar-refractivity contribution >= 4 is 23.4 Å². The highest BCUT2D eigenvalue weighted by Gasteiger charge is 2.53. The summed E-state index contributed by atoms with van der Waals surface area (Å²) in [5.74, 6) is -0.216. The molecule has 0 bridgehead atoms. The SMILES string of the molecule is CC(=O)N[C@H]1CC[C@@]2(C)CC[C@@H]([C@H](C)C(=O)NCc3ccccc3Cl)[C@H](O)[C@H]2[C@H]1C. The lowest BCUT2D eigenvalue weighted by Crippen LogP contribution is -2.58. The van der Waals surface area contributed by atoms with Gasteiger partial charge in [0.1, 0.15) is 0 Å². The quantitative estimate of drug-likeness (QED) is 0.657. The van der Waals surface area contributed by atoms with Crippen molar-refractivity contribution in [3.63, 3.8) is 0 Å². The average molecular weight is 435 g/mol. The molecule has 7 atom stereocenters. The first-order valence-corrected chi connectivity index (χ1v) is 11.5. The van der Waals surface area contributed by atoms with E-state index in [2.05, 4.69) is 24.5 Å². The Morgan fingerprint density at radius 1 is 1.27 bits per heavy atom. The van der Waals surface area contributed by atoms with Gasteiger partial charge in [0.15, 0.2) is 0 Å². The number of rotatable bonds is 5. The molecular formula is C24H35ClN2O3. The number of aliphatic hydroxyl groups is 1. The fraction of sp³-hybridized carbons (Fsp3) is 0.667. The third-order valence-corrected chi connectivity index (χ3v) is 8.11. The third-order valence-electron chi connectivity index (χ3n) is 7.74. The predicted octanol–water partition coefficient (Wildman–Crippen LogP) is 3.92. The van der Waals surface area contributed by atoms with Gasteiger partial charge in [-0.1, -0.05) is 50.6 Å². The van der Waals surface area contributed by atoms with Crippen LogP contribution in [0.25, 0.3) is 0 Å². The number of aliphatic hydroxyl groups excluding tert-OH is 1. The zero-order valence-corrected chi connectivity index (χ0v) is 19.2. The van der Waals surface area contributed by atoms with Gasteiger partial charge in [-0.2, -0.15) is 0 Å². The molecule has 1 aromatic rings. The molecule has 0 aromatic heterocycles. The molecule has 2 amide bonds. The second-order valence-electron chi connectivity index (χ2n) is 9.68. The Bertz CT molecular complexity index is 785. The van der Waals surface area contributed by atoms with Gasteiger partial charge in [-0.05, 0) is 60.5 Å². The first kappa shape index (κ1) is 23.1. The molecule has 3 N–H and O–H groups in total. The monoisotopic (exact) mass is 434 g/mol. The van der Waals surface area contributed by atoms with Crippen molar-refractivity contribution in [2.75, 3.05) is 0 Å². The summed E-state index contributed by atoms with van der Waals surface area (Å²) in [5, 5.41) is 18.1. The number of benzene rings is 1. The van der Waals surface area contributed by atoms with E-state index < -0.39 is 6.10 Å². The summed E-state index contributed by atoms with van der Waals surface area (Å²) < 4.78 is 0. The van der Waals surface area contributed by atoms with E-state index in [4.69, 9.17) is 11.6 Å². The first-order valence-electron chi connectivity index (χ1n) is 11.1. The Labute approximate surface area is 185 Å². The lowest BCUT2D eigenvalue weighted by molar-refractivity contribution is -0.143. The Balaban J connectivity index is 1.68. The number of fused-ring (bicyclic) bond motifs is 1. The maximum Gasteiger partial charge on any atom is 0.223 e. The molecule has 2 saturated carbocycles. The molecule has 0 saturated heterocycles. The molecule has 2 aliphatic carbocycles. The summed E-state index contributed by atoms with van der Waals surface area (Å²) in [6.45, 7) is 8.24. The molecule has 5 nitrogen and oxygen atoms in total. The summed E-state index contributed by atoms with van der Waals surface area (Å²) in [7, 11) is 0. The molecule has 3 rings (SSSR count). The van der Waals surface area contributed by atoms with Gasteiger partial charge in [0.25, 0.3) is 0 Å². The number of carbonyl (C=O) groups is 2. The number of halogens is 1. The van der Waals surface area contributed by atoms with Crippen LogP contribution in [0.3, 0.4) is 0 Å². The molecule has 166 valence electrons. The molecule has 2 fully saturated rings. The fourth-order valence-electron chi connectivity index (χ4n) is 5.94. The van der Waals surface area contributed by atoms with E-state index in [1.165, 1.54) is 0 Å². The van der Waals surface area contributed by atoms with Gasteiger partial charge in [-0.25, -0.2) is 0 Å². The van der Waals surface area contributed by atoms with Crippen LogP contribution in [0.1, 0.15) is 58.9 Å². The van der Waals surface area contributed by atoms with Crippen LogP contribution in [0.5, 0.6) is 0 Å². The minimum Gasteiger partial charge on any atom is -0.392 e. The smallest absolute Gasteiger partial charge is 0.223 e. The van der Waals surface area contributed by atoms with Crippen molar-refractivity contribution in [3.8, 4) is 0 Å². The van der Waals surface area contributed by atoms with E-state index in [-0.39, 0.29) is 46.9 Å². The van der Waals surface area contributed by atoms with Crippen LogP contribution in [-0.4, -0.2) is 29.1 Å². The van der Waals surface area contributed by atoms with Crippen LogP contribution in [0.4, 0.5) is 0 Å². The van der Waals surface area contributed by atoms with Crippen LogP contribution >= 0.6 is 11.6 Å².